The second-order valence-corrected chi connectivity index (χ2v) is 6.82. The van der Waals surface area contributed by atoms with Crippen LogP contribution in [0.25, 0.3) is 0 Å². The minimum absolute atomic E-state index is 0.00372. The first-order valence-electron chi connectivity index (χ1n) is 7.92. The number of rotatable bonds is 3. The Morgan fingerprint density at radius 3 is 2.70 bits per heavy atom. The number of nitrogens with one attached hydrogen (secondary N) is 1. The fourth-order valence-electron chi connectivity index (χ4n) is 2.80. The van der Waals surface area contributed by atoms with E-state index in [4.69, 9.17) is 11.6 Å². The van der Waals surface area contributed by atoms with Gasteiger partial charge in [0.1, 0.15) is 6.04 Å². The smallest absolute Gasteiger partial charge is 0.322 e. The van der Waals surface area contributed by atoms with E-state index < -0.39 is 6.04 Å². The van der Waals surface area contributed by atoms with Crippen molar-refractivity contribution in [2.45, 2.75) is 33.7 Å². The molecule has 1 aliphatic rings. The fourth-order valence-corrected chi connectivity index (χ4v) is 3.07. The van der Waals surface area contributed by atoms with Crippen molar-refractivity contribution in [1.82, 2.24) is 9.80 Å². The van der Waals surface area contributed by atoms with Crippen molar-refractivity contribution in [3.8, 4) is 0 Å². The summed E-state index contributed by atoms with van der Waals surface area (Å²) in [5.74, 6) is 0.410. The lowest BCUT2D eigenvalue weighted by Gasteiger charge is -2.39. The standard InChI is InChI=1S/C17H24ClN3O2/c1-11(2)10-20-8-9-21(13(4)16(20)22)17(23)19-15-12(3)6-5-7-14(15)18/h5-7,11,13H,8-10H2,1-4H3,(H,19,23)/t13-/m1/s1. The van der Waals surface area contributed by atoms with Gasteiger partial charge in [0.25, 0.3) is 0 Å². The molecule has 0 spiro atoms. The molecule has 126 valence electrons. The molecule has 3 amide bonds. The second-order valence-electron chi connectivity index (χ2n) is 6.41. The van der Waals surface area contributed by atoms with Crippen molar-refractivity contribution in [3.63, 3.8) is 0 Å². The van der Waals surface area contributed by atoms with Crippen LogP contribution in [0.3, 0.4) is 0 Å². The zero-order chi connectivity index (χ0) is 17.1. The van der Waals surface area contributed by atoms with Gasteiger partial charge in [-0.1, -0.05) is 37.6 Å². The average molecular weight is 338 g/mol. The second kappa shape index (κ2) is 7.21. The molecule has 0 radical (unpaired) electrons. The first-order valence-corrected chi connectivity index (χ1v) is 8.30. The van der Waals surface area contributed by atoms with Gasteiger partial charge in [-0.3, -0.25) is 4.79 Å². The first-order chi connectivity index (χ1) is 10.8. The SMILES string of the molecule is Cc1cccc(Cl)c1NC(=O)N1CCN(CC(C)C)C(=O)[C@H]1C. The number of aryl methyl sites for hydroxylation is 1. The van der Waals surface area contributed by atoms with Gasteiger partial charge in [0.15, 0.2) is 0 Å². The van der Waals surface area contributed by atoms with E-state index in [2.05, 4.69) is 19.2 Å². The third-order valence-electron chi connectivity index (χ3n) is 4.05. The van der Waals surface area contributed by atoms with Crippen LogP contribution >= 0.6 is 11.6 Å². The van der Waals surface area contributed by atoms with Crippen molar-refractivity contribution >= 4 is 29.2 Å². The molecule has 1 aromatic carbocycles. The van der Waals surface area contributed by atoms with Crippen molar-refractivity contribution in [3.05, 3.63) is 28.8 Å². The molecule has 1 atom stereocenters. The number of urea groups is 1. The number of halogens is 1. The summed E-state index contributed by atoms with van der Waals surface area (Å²) in [6.07, 6.45) is 0. The summed E-state index contributed by atoms with van der Waals surface area (Å²) in [5, 5.41) is 3.34. The van der Waals surface area contributed by atoms with Crippen LogP contribution in [-0.2, 0) is 4.79 Å². The van der Waals surface area contributed by atoms with Crippen molar-refractivity contribution < 1.29 is 9.59 Å². The Hall–Kier alpha value is -1.75. The van der Waals surface area contributed by atoms with Crippen LogP contribution in [0.4, 0.5) is 10.5 Å². The summed E-state index contributed by atoms with van der Waals surface area (Å²) >= 11 is 6.15. The van der Waals surface area contributed by atoms with Gasteiger partial charge in [0.05, 0.1) is 10.7 Å². The van der Waals surface area contributed by atoms with E-state index in [1.165, 1.54) is 0 Å². The van der Waals surface area contributed by atoms with E-state index in [0.29, 0.717) is 29.7 Å². The molecule has 1 aliphatic heterocycles. The summed E-state index contributed by atoms with van der Waals surface area (Å²) < 4.78 is 0. The molecule has 6 heteroatoms. The highest BCUT2D eigenvalue weighted by Crippen LogP contribution is 2.26. The molecular weight excluding hydrogens is 314 g/mol. The van der Waals surface area contributed by atoms with Gasteiger partial charge >= 0.3 is 6.03 Å². The van der Waals surface area contributed by atoms with E-state index in [9.17, 15) is 9.59 Å². The predicted octanol–water partition coefficient (Wildman–Crippen LogP) is 3.37. The van der Waals surface area contributed by atoms with Crippen LogP contribution in [0.2, 0.25) is 5.02 Å². The lowest BCUT2D eigenvalue weighted by Crippen LogP contribution is -2.59. The Labute approximate surface area is 142 Å². The first kappa shape index (κ1) is 17.6. The number of piperazine rings is 1. The molecular formula is C17H24ClN3O2. The number of hydrogen-bond donors (Lipinski definition) is 1. The third kappa shape index (κ3) is 3.96. The molecule has 0 bridgehead atoms. The number of nitrogens with zero attached hydrogens (tertiary/aromatic N) is 2. The van der Waals surface area contributed by atoms with Gasteiger partial charge in [0.2, 0.25) is 5.91 Å². The number of hydrogen-bond acceptors (Lipinski definition) is 2. The molecule has 0 unspecified atom stereocenters. The summed E-state index contributed by atoms with van der Waals surface area (Å²) in [6.45, 7) is 9.63. The number of benzene rings is 1. The quantitative estimate of drug-likeness (QED) is 0.919. The highest BCUT2D eigenvalue weighted by molar-refractivity contribution is 6.33. The average Bonchev–Trinajstić information content (AvgIpc) is 2.47. The molecule has 1 saturated heterocycles. The van der Waals surface area contributed by atoms with E-state index >= 15 is 0 Å². The van der Waals surface area contributed by atoms with Gasteiger partial charge < -0.3 is 15.1 Å². The van der Waals surface area contributed by atoms with Crippen LogP contribution in [0.15, 0.2) is 18.2 Å². The van der Waals surface area contributed by atoms with Crippen molar-refractivity contribution in [1.29, 1.82) is 0 Å². The van der Waals surface area contributed by atoms with Crippen LogP contribution in [0.5, 0.6) is 0 Å². The summed E-state index contributed by atoms with van der Waals surface area (Å²) in [4.78, 5) is 28.4. The summed E-state index contributed by atoms with van der Waals surface area (Å²) in [5.41, 5.74) is 1.49. The van der Waals surface area contributed by atoms with Crippen LogP contribution in [0, 0.1) is 12.8 Å². The van der Waals surface area contributed by atoms with Gasteiger partial charge in [-0.25, -0.2) is 4.79 Å². The van der Waals surface area contributed by atoms with Gasteiger partial charge in [-0.05, 0) is 31.4 Å². The predicted molar refractivity (Wildman–Crippen MR) is 92.8 cm³/mol. The number of para-hydroxylation sites is 1. The highest BCUT2D eigenvalue weighted by atomic mass is 35.5. The molecule has 0 aliphatic carbocycles. The Morgan fingerprint density at radius 1 is 1.39 bits per heavy atom. The van der Waals surface area contributed by atoms with Crippen LogP contribution in [-0.4, -0.2) is 47.4 Å². The Morgan fingerprint density at radius 2 is 2.09 bits per heavy atom. The maximum Gasteiger partial charge on any atom is 0.322 e. The fraction of sp³-hybridized carbons (Fsp3) is 0.529. The Balaban J connectivity index is 2.08. The van der Waals surface area contributed by atoms with E-state index in [-0.39, 0.29) is 11.9 Å². The highest BCUT2D eigenvalue weighted by Gasteiger charge is 2.34. The largest absolute Gasteiger partial charge is 0.339 e. The molecule has 1 fully saturated rings. The lowest BCUT2D eigenvalue weighted by atomic mass is 10.1. The molecule has 0 saturated carbocycles. The monoisotopic (exact) mass is 337 g/mol. The van der Waals surface area contributed by atoms with Crippen molar-refractivity contribution in [2.24, 2.45) is 5.92 Å². The van der Waals surface area contributed by atoms with E-state index in [1.54, 1.807) is 17.9 Å². The maximum atomic E-state index is 12.5. The van der Waals surface area contributed by atoms with Crippen LogP contribution in [0.1, 0.15) is 26.3 Å². The number of carbonyl (C=O) groups is 2. The normalized spacial score (nSPS) is 18.5. The molecule has 0 aromatic heterocycles. The van der Waals surface area contributed by atoms with Crippen LogP contribution < -0.4 is 5.32 Å². The maximum absolute atomic E-state index is 12.5. The number of anilines is 1. The molecule has 1 aromatic rings. The molecule has 2 rings (SSSR count). The zero-order valence-corrected chi connectivity index (χ0v) is 14.9. The zero-order valence-electron chi connectivity index (χ0n) is 14.1. The minimum atomic E-state index is -0.467. The molecule has 5 nitrogen and oxygen atoms in total. The van der Waals surface area contributed by atoms with Gasteiger partial charge in [-0.15, -0.1) is 0 Å². The Kier molecular flexibility index (Phi) is 5.52. The van der Waals surface area contributed by atoms with Gasteiger partial charge in [-0.2, -0.15) is 0 Å². The number of carbonyl (C=O) groups excluding carboxylic acids is 2. The van der Waals surface area contributed by atoms with E-state index in [0.717, 1.165) is 12.1 Å². The summed E-state index contributed by atoms with van der Waals surface area (Å²) in [7, 11) is 0. The molecule has 1 heterocycles. The lowest BCUT2D eigenvalue weighted by molar-refractivity contribution is -0.139. The number of amides is 3. The Bertz CT molecular complexity index is 583. The van der Waals surface area contributed by atoms with Gasteiger partial charge in [0, 0.05) is 19.6 Å². The molecule has 1 N–H and O–H groups in total. The third-order valence-corrected chi connectivity index (χ3v) is 4.36. The van der Waals surface area contributed by atoms with E-state index in [1.807, 2.05) is 24.0 Å². The topological polar surface area (TPSA) is 52.7 Å². The minimum Gasteiger partial charge on any atom is -0.339 e. The van der Waals surface area contributed by atoms with Crippen molar-refractivity contribution in [2.75, 3.05) is 25.0 Å². The molecule has 23 heavy (non-hydrogen) atoms. The summed E-state index contributed by atoms with van der Waals surface area (Å²) in [6, 6.07) is 4.71.